The highest BCUT2D eigenvalue weighted by Crippen LogP contribution is 2.35. The van der Waals surface area contributed by atoms with Crippen molar-refractivity contribution in [1.82, 2.24) is 0 Å². The van der Waals surface area contributed by atoms with Crippen LogP contribution in [0.1, 0.15) is 30.5 Å². The second-order valence-corrected chi connectivity index (χ2v) is 7.75. The van der Waals surface area contributed by atoms with Crippen molar-refractivity contribution in [3.8, 4) is 5.75 Å². The van der Waals surface area contributed by atoms with Crippen LogP contribution in [0.5, 0.6) is 5.75 Å². The van der Waals surface area contributed by atoms with Crippen molar-refractivity contribution < 1.29 is 9.63 Å². The van der Waals surface area contributed by atoms with E-state index in [1.165, 1.54) is 11.1 Å². The molecular weight excluding hydrogens is 291 g/mol. The summed E-state index contributed by atoms with van der Waals surface area (Å²) < 4.78 is 5.70. The minimum atomic E-state index is -1.13. The molecule has 0 fully saturated rings. The molecule has 0 saturated heterocycles. The molecule has 2 rings (SSSR count). The molecule has 2 aromatic carbocycles. The number of benzene rings is 2. The maximum absolute atomic E-state index is 10.1. The van der Waals surface area contributed by atoms with Crippen molar-refractivity contribution in [2.24, 2.45) is 5.92 Å². The molecule has 0 bridgehead atoms. The van der Waals surface area contributed by atoms with Gasteiger partial charge in [-0.2, -0.15) is 0 Å². The van der Waals surface area contributed by atoms with E-state index in [2.05, 4.69) is 57.2 Å². The lowest BCUT2D eigenvalue weighted by Gasteiger charge is -2.13. The van der Waals surface area contributed by atoms with Gasteiger partial charge in [0.05, 0.1) is 8.15 Å². The lowest BCUT2D eigenvalue weighted by atomic mass is 10.0. The van der Waals surface area contributed by atoms with E-state index in [-0.39, 0.29) is 0 Å². The number of ether oxygens (including phenoxy) is 1. The van der Waals surface area contributed by atoms with Gasteiger partial charge in [-0.25, -0.2) is 0 Å². The first-order valence-electron chi connectivity index (χ1n) is 7.74. The van der Waals surface area contributed by atoms with Crippen LogP contribution in [0.2, 0.25) is 0 Å². The fraction of sp³-hybridized carbons (Fsp3) is 0.368. The third-order valence-electron chi connectivity index (χ3n) is 3.43. The number of hydrogen-bond donors (Lipinski definition) is 1. The van der Waals surface area contributed by atoms with Crippen LogP contribution in [0.4, 0.5) is 0 Å². The summed E-state index contributed by atoms with van der Waals surface area (Å²) in [6.45, 7) is 6.50. The fourth-order valence-electron chi connectivity index (χ4n) is 2.29. The highest BCUT2D eigenvalue weighted by atomic mass is 31.1. The van der Waals surface area contributed by atoms with Crippen LogP contribution in [0.15, 0.2) is 48.5 Å². The Kier molecular flexibility index (Phi) is 6.42. The van der Waals surface area contributed by atoms with E-state index in [9.17, 15) is 4.89 Å². The Labute approximate surface area is 135 Å². The molecule has 118 valence electrons. The molecule has 0 amide bonds. The smallest absolute Gasteiger partial charge is 0.132 e. The lowest BCUT2D eigenvalue weighted by Crippen LogP contribution is -1.98. The van der Waals surface area contributed by atoms with Crippen LogP contribution in [-0.4, -0.2) is 11.2 Å². The van der Waals surface area contributed by atoms with E-state index in [4.69, 9.17) is 4.74 Å². The Balaban J connectivity index is 1.80. The van der Waals surface area contributed by atoms with E-state index in [0.29, 0.717) is 18.4 Å². The van der Waals surface area contributed by atoms with Gasteiger partial charge in [0.25, 0.3) is 0 Å². The summed E-state index contributed by atoms with van der Waals surface area (Å²) in [7, 11) is -1.13. The summed E-state index contributed by atoms with van der Waals surface area (Å²) in [6, 6.07) is 16.5. The van der Waals surface area contributed by atoms with Crippen LogP contribution >= 0.6 is 8.15 Å². The predicted octanol–water partition coefficient (Wildman–Crippen LogP) is 5.12. The highest BCUT2D eigenvalue weighted by Gasteiger charge is 2.07. The molecule has 0 aliphatic heterocycles. The van der Waals surface area contributed by atoms with Crippen molar-refractivity contribution in [3.05, 3.63) is 65.2 Å². The molecular formula is C19H25O2P. The Morgan fingerprint density at radius 3 is 2.14 bits per heavy atom. The van der Waals surface area contributed by atoms with Crippen molar-refractivity contribution in [2.75, 3.05) is 6.35 Å². The molecule has 0 saturated carbocycles. The topological polar surface area (TPSA) is 29.5 Å². The van der Waals surface area contributed by atoms with Gasteiger partial charge >= 0.3 is 0 Å². The van der Waals surface area contributed by atoms with Gasteiger partial charge in [-0.05, 0) is 42.5 Å². The van der Waals surface area contributed by atoms with Crippen LogP contribution in [-0.2, 0) is 12.6 Å². The molecule has 0 aliphatic rings. The number of rotatable bonds is 7. The summed E-state index contributed by atoms with van der Waals surface area (Å²) >= 11 is 0. The molecule has 3 heteroatoms. The zero-order chi connectivity index (χ0) is 15.9. The standard InChI is InChI=1S/C19H25O2P/c1-15(2)12-17-8-10-19(11-9-17)21-14-22(20)13-18-6-4-16(3)5-7-18/h4-11,15,20H,12-14H2,1-3H3. The molecule has 0 aliphatic carbocycles. The molecule has 0 heterocycles. The first-order valence-corrected chi connectivity index (χ1v) is 9.40. The van der Waals surface area contributed by atoms with Gasteiger partial charge in [-0.1, -0.05) is 55.8 Å². The van der Waals surface area contributed by atoms with Gasteiger partial charge in [0, 0.05) is 6.16 Å². The zero-order valence-electron chi connectivity index (χ0n) is 13.6. The maximum Gasteiger partial charge on any atom is 0.132 e. The summed E-state index contributed by atoms with van der Waals surface area (Å²) in [5.74, 6) is 1.49. The van der Waals surface area contributed by atoms with Gasteiger partial charge < -0.3 is 9.63 Å². The van der Waals surface area contributed by atoms with Gasteiger partial charge in [0.2, 0.25) is 0 Å². The van der Waals surface area contributed by atoms with Crippen molar-refractivity contribution >= 4 is 8.15 Å². The summed E-state index contributed by atoms with van der Waals surface area (Å²) in [5, 5.41) is 0. The zero-order valence-corrected chi connectivity index (χ0v) is 14.5. The van der Waals surface area contributed by atoms with Gasteiger partial charge in [0.1, 0.15) is 12.1 Å². The van der Waals surface area contributed by atoms with Crippen LogP contribution in [0.3, 0.4) is 0 Å². The second kappa shape index (κ2) is 8.31. The maximum atomic E-state index is 10.1. The normalized spacial score (nSPS) is 12.4. The van der Waals surface area contributed by atoms with Crippen molar-refractivity contribution in [3.63, 3.8) is 0 Å². The third kappa shape index (κ3) is 5.79. The SMILES string of the molecule is Cc1ccc(CP(O)COc2ccc(CC(C)C)cc2)cc1. The minimum Gasteiger partial charge on any atom is -0.487 e. The monoisotopic (exact) mass is 316 g/mol. The molecule has 22 heavy (non-hydrogen) atoms. The molecule has 0 aromatic heterocycles. The molecule has 1 unspecified atom stereocenters. The molecule has 0 radical (unpaired) electrons. The average Bonchev–Trinajstić information content (AvgIpc) is 2.48. The highest BCUT2D eigenvalue weighted by molar-refractivity contribution is 7.50. The van der Waals surface area contributed by atoms with E-state index < -0.39 is 8.15 Å². The average molecular weight is 316 g/mol. The van der Waals surface area contributed by atoms with Crippen molar-refractivity contribution in [1.29, 1.82) is 0 Å². The molecule has 1 N–H and O–H groups in total. The first-order chi connectivity index (χ1) is 10.5. The Morgan fingerprint density at radius 1 is 0.955 bits per heavy atom. The van der Waals surface area contributed by atoms with Gasteiger partial charge in [-0.3, -0.25) is 0 Å². The van der Waals surface area contributed by atoms with Crippen molar-refractivity contribution in [2.45, 2.75) is 33.4 Å². The Bertz CT molecular complexity index is 561. The molecule has 1 atom stereocenters. The van der Waals surface area contributed by atoms with E-state index >= 15 is 0 Å². The third-order valence-corrected chi connectivity index (χ3v) is 4.59. The summed E-state index contributed by atoms with van der Waals surface area (Å²) in [5.41, 5.74) is 3.73. The van der Waals surface area contributed by atoms with Gasteiger partial charge in [-0.15, -0.1) is 0 Å². The summed E-state index contributed by atoms with van der Waals surface area (Å²) in [6.07, 6.45) is 2.15. The quantitative estimate of drug-likeness (QED) is 0.718. The van der Waals surface area contributed by atoms with Crippen LogP contribution in [0.25, 0.3) is 0 Å². The molecule has 0 spiro atoms. The summed E-state index contributed by atoms with van der Waals surface area (Å²) in [4.78, 5) is 10.1. The predicted molar refractivity (Wildman–Crippen MR) is 94.5 cm³/mol. The number of aryl methyl sites for hydroxylation is 1. The second-order valence-electron chi connectivity index (χ2n) is 6.17. The molecule has 2 nitrogen and oxygen atoms in total. The fourth-order valence-corrected chi connectivity index (χ4v) is 3.31. The first kappa shape index (κ1) is 17.0. The van der Waals surface area contributed by atoms with E-state index in [1.807, 2.05) is 12.1 Å². The van der Waals surface area contributed by atoms with E-state index in [1.54, 1.807) is 0 Å². The Hall–Kier alpha value is -1.37. The van der Waals surface area contributed by atoms with Gasteiger partial charge in [0.15, 0.2) is 0 Å². The van der Waals surface area contributed by atoms with Crippen LogP contribution < -0.4 is 4.74 Å². The minimum absolute atomic E-state index is 0.382. The van der Waals surface area contributed by atoms with E-state index in [0.717, 1.165) is 17.7 Å². The molecule has 2 aromatic rings. The van der Waals surface area contributed by atoms with Crippen LogP contribution in [0, 0.1) is 12.8 Å². The Morgan fingerprint density at radius 2 is 1.55 bits per heavy atom. The number of hydrogen-bond acceptors (Lipinski definition) is 2. The lowest BCUT2D eigenvalue weighted by molar-refractivity contribution is 0.374. The largest absolute Gasteiger partial charge is 0.487 e.